The lowest BCUT2D eigenvalue weighted by molar-refractivity contribution is -0.115. The number of carbonyl (C=O) groups is 1. The van der Waals surface area contributed by atoms with E-state index >= 15 is 0 Å². The Morgan fingerprint density at radius 3 is 2.58 bits per heavy atom. The van der Waals surface area contributed by atoms with E-state index in [1.165, 1.54) is 18.6 Å². The first-order chi connectivity index (χ1) is 11.0. The highest BCUT2D eigenvalue weighted by Gasteiger charge is 2.24. The molecule has 24 heavy (non-hydrogen) atoms. The molecule has 1 heterocycles. The van der Waals surface area contributed by atoms with Crippen LogP contribution >= 0.6 is 24.0 Å². The van der Waals surface area contributed by atoms with Crippen LogP contribution in [0, 0.1) is 17.7 Å². The Morgan fingerprint density at radius 2 is 2.00 bits per heavy atom. The van der Waals surface area contributed by atoms with E-state index in [1.807, 2.05) is 0 Å². The lowest BCUT2D eigenvalue weighted by Gasteiger charge is -2.37. The van der Waals surface area contributed by atoms with Gasteiger partial charge in [0.2, 0.25) is 5.91 Å². The molecule has 2 rings (SSSR count). The van der Waals surface area contributed by atoms with Gasteiger partial charge in [0.25, 0.3) is 0 Å². The average molecular weight is 448 g/mol. The number of hydrogen-bond acceptors (Lipinski definition) is 2. The Hall–Kier alpha value is -1.38. The maximum absolute atomic E-state index is 13.1. The monoisotopic (exact) mass is 448 g/mol. The second-order valence-electron chi connectivity index (χ2n) is 6.31. The Bertz CT molecular complexity index is 571. The zero-order valence-corrected chi connectivity index (χ0v) is 16.7. The number of benzene rings is 1. The molecule has 0 aromatic heterocycles. The molecular formula is C17H26FIN4O. The summed E-state index contributed by atoms with van der Waals surface area (Å²) in [6, 6.07) is 5.85. The van der Waals surface area contributed by atoms with Crippen LogP contribution in [0.25, 0.3) is 0 Å². The van der Waals surface area contributed by atoms with E-state index in [-0.39, 0.29) is 42.2 Å². The SMILES string of the molecule is CN=C(NCC(=O)Nc1cccc(F)c1)N1CC(C)CC(C)C1.I. The van der Waals surface area contributed by atoms with Crippen molar-refractivity contribution < 1.29 is 9.18 Å². The fourth-order valence-corrected chi connectivity index (χ4v) is 3.10. The molecule has 0 aliphatic carbocycles. The molecule has 2 atom stereocenters. The molecule has 1 aromatic carbocycles. The van der Waals surface area contributed by atoms with Crippen molar-refractivity contribution in [1.29, 1.82) is 0 Å². The molecule has 7 heteroatoms. The predicted octanol–water partition coefficient (Wildman–Crippen LogP) is 2.94. The number of rotatable bonds is 3. The molecule has 2 unspecified atom stereocenters. The molecule has 2 N–H and O–H groups in total. The lowest BCUT2D eigenvalue weighted by Crippen LogP contribution is -2.49. The maximum Gasteiger partial charge on any atom is 0.243 e. The number of guanidine groups is 1. The minimum Gasteiger partial charge on any atom is -0.347 e. The van der Waals surface area contributed by atoms with Gasteiger partial charge in [-0.05, 0) is 36.5 Å². The van der Waals surface area contributed by atoms with Crippen LogP contribution in [0.15, 0.2) is 29.3 Å². The third-order valence-electron chi connectivity index (χ3n) is 3.90. The van der Waals surface area contributed by atoms with Gasteiger partial charge in [-0.2, -0.15) is 0 Å². The molecule has 1 aromatic rings. The summed E-state index contributed by atoms with van der Waals surface area (Å²) in [4.78, 5) is 18.4. The number of nitrogens with one attached hydrogen (secondary N) is 2. The summed E-state index contributed by atoms with van der Waals surface area (Å²) in [5.74, 6) is 1.35. The first-order valence-corrected chi connectivity index (χ1v) is 7.99. The van der Waals surface area contributed by atoms with Crippen LogP contribution in [0.4, 0.5) is 10.1 Å². The van der Waals surface area contributed by atoms with Crippen molar-refractivity contribution in [3.05, 3.63) is 30.1 Å². The van der Waals surface area contributed by atoms with Gasteiger partial charge >= 0.3 is 0 Å². The number of aliphatic imine (C=N–C) groups is 1. The Labute approximate surface area is 160 Å². The van der Waals surface area contributed by atoms with E-state index in [1.54, 1.807) is 19.2 Å². The number of carbonyl (C=O) groups excluding carboxylic acids is 1. The predicted molar refractivity (Wildman–Crippen MR) is 106 cm³/mol. The summed E-state index contributed by atoms with van der Waals surface area (Å²) in [7, 11) is 1.72. The van der Waals surface area contributed by atoms with Crippen molar-refractivity contribution >= 4 is 41.5 Å². The van der Waals surface area contributed by atoms with E-state index < -0.39 is 0 Å². The number of piperidine rings is 1. The summed E-state index contributed by atoms with van der Waals surface area (Å²) in [5, 5.41) is 5.75. The highest BCUT2D eigenvalue weighted by molar-refractivity contribution is 14.0. The quantitative estimate of drug-likeness (QED) is 0.425. The van der Waals surface area contributed by atoms with Crippen LogP contribution in [0.1, 0.15) is 20.3 Å². The van der Waals surface area contributed by atoms with E-state index in [0.29, 0.717) is 17.5 Å². The smallest absolute Gasteiger partial charge is 0.243 e. The van der Waals surface area contributed by atoms with E-state index in [0.717, 1.165) is 19.0 Å². The van der Waals surface area contributed by atoms with Gasteiger partial charge in [0.05, 0.1) is 6.54 Å². The van der Waals surface area contributed by atoms with Gasteiger partial charge < -0.3 is 15.5 Å². The third kappa shape index (κ3) is 6.26. The average Bonchev–Trinajstić information content (AvgIpc) is 2.47. The Morgan fingerprint density at radius 1 is 1.33 bits per heavy atom. The van der Waals surface area contributed by atoms with E-state index in [9.17, 15) is 9.18 Å². The lowest BCUT2D eigenvalue weighted by atomic mass is 9.92. The zero-order chi connectivity index (χ0) is 16.8. The van der Waals surface area contributed by atoms with E-state index in [2.05, 4.69) is 34.4 Å². The molecular weight excluding hydrogens is 422 g/mol. The van der Waals surface area contributed by atoms with Crippen LogP contribution in [0.3, 0.4) is 0 Å². The molecule has 1 amide bonds. The van der Waals surface area contributed by atoms with Crippen LogP contribution in [-0.4, -0.2) is 43.4 Å². The van der Waals surface area contributed by atoms with Gasteiger partial charge in [0.1, 0.15) is 5.82 Å². The van der Waals surface area contributed by atoms with Gasteiger partial charge in [-0.15, -0.1) is 24.0 Å². The highest BCUT2D eigenvalue weighted by atomic mass is 127. The fraction of sp³-hybridized carbons (Fsp3) is 0.529. The second kappa shape index (κ2) is 9.80. The minimum atomic E-state index is -0.372. The van der Waals surface area contributed by atoms with Gasteiger partial charge in [-0.3, -0.25) is 9.79 Å². The molecule has 1 aliphatic heterocycles. The molecule has 0 spiro atoms. The largest absolute Gasteiger partial charge is 0.347 e. The van der Waals surface area contributed by atoms with Crippen LogP contribution in [0.2, 0.25) is 0 Å². The number of halogens is 2. The minimum absolute atomic E-state index is 0. The molecule has 0 saturated carbocycles. The van der Waals surface area contributed by atoms with Gasteiger partial charge in [-0.1, -0.05) is 19.9 Å². The standard InChI is InChI=1S/C17H25FN4O.HI/c1-12-7-13(2)11-22(10-12)17(19-3)20-9-16(23)21-15-6-4-5-14(18)8-15;/h4-6,8,12-13H,7,9-11H2,1-3H3,(H,19,20)(H,21,23);1H. The van der Waals surface area contributed by atoms with Crippen molar-refractivity contribution in [3.8, 4) is 0 Å². The molecule has 1 fully saturated rings. The number of likely N-dealkylation sites (tertiary alicyclic amines) is 1. The Balaban J connectivity index is 0.00000288. The van der Waals surface area contributed by atoms with E-state index in [4.69, 9.17) is 0 Å². The second-order valence-corrected chi connectivity index (χ2v) is 6.31. The normalized spacial score (nSPS) is 21.0. The summed E-state index contributed by atoms with van der Waals surface area (Å²) in [6.07, 6.45) is 1.22. The molecule has 1 saturated heterocycles. The zero-order valence-electron chi connectivity index (χ0n) is 14.4. The summed E-state index contributed by atoms with van der Waals surface area (Å²) in [6.45, 7) is 6.44. The third-order valence-corrected chi connectivity index (χ3v) is 3.90. The van der Waals surface area contributed by atoms with Crippen LogP contribution < -0.4 is 10.6 Å². The first kappa shape index (κ1) is 20.7. The topological polar surface area (TPSA) is 56.7 Å². The fourth-order valence-electron chi connectivity index (χ4n) is 3.10. The molecule has 0 radical (unpaired) electrons. The summed E-state index contributed by atoms with van der Waals surface area (Å²) < 4.78 is 13.1. The maximum atomic E-state index is 13.1. The molecule has 0 bridgehead atoms. The van der Waals surface area contributed by atoms with Crippen LogP contribution in [0.5, 0.6) is 0 Å². The summed E-state index contributed by atoms with van der Waals surface area (Å²) in [5.41, 5.74) is 0.451. The van der Waals surface area contributed by atoms with Crippen LogP contribution in [-0.2, 0) is 4.79 Å². The van der Waals surface area contributed by atoms with Crippen molar-refractivity contribution in [2.75, 3.05) is 32.0 Å². The number of nitrogens with zero attached hydrogens (tertiary/aromatic N) is 2. The number of anilines is 1. The van der Waals surface area contributed by atoms with Gasteiger partial charge in [0, 0.05) is 25.8 Å². The molecule has 5 nitrogen and oxygen atoms in total. The summed E-state index contributed by atoms with van der Waals surface area (Å²) >= 11 is 0. The number of hydrogen-bond donors (Lipinski definition) is 2. The number of amides is 1. The molecule has 134 valence electrons. The van der Waals surface area contributed by atoms with Crippen molar-refractivity contribution in [2.24, 2.45) is 16.8 Å². The van der Waals surface area contributed by atoms with Gasteiger partial charge in [-0.25, -0.2) is 4.39 Å². The van der Waals surface area contributed by atoms with Crippen molar-refractivity contribution in [1.82, 2.24) is 10.2 Å². The Kier molecular flexibility index (Phi) is 8.44. The molecule has 1 aliphatic rings. The highest BCUT2D eigenvalue weighted by Crippen LogP contribution is 2.20. The van der Waals surface area contributed by atoms with Gasteiger partial charge in [0.15, 0.2) is 5.96 Å². The van der Waals surface area contributed by atoms with Crippen molar-refractivity contribution in [3.63, 3.8) is 0 Å². The van der Waals surface area contributed by atoms with Crippen molar-refractivity contribution in [2.45, 2.75) is 20.3 Å². The first-order valence-electron chi connectivity index (χ1n) is 7.99.